The molecule has 1 aliphatic heterocycles. The fourth-order valence-electron chi connectivity index (χ4n) is 5.17. The molecule has 2 aromatic rings. The molecule has 0 radical (unpaired) electrons. The molecule has 2 heterocycles. The lowest BCUT2D eigenvalue weighted by Gasteiger charge is -2.31. The van der Waals surface area contributed by atoms with E-state index >= 15 is 0 Å². The molecule has 3 fully saturated rings. The monoisotopic (exact) mass is 402 g/mol. The standard InChI is InChI=1S/C24H26N4O2/c1-2-21(29)28-9-5-16(6-10-28)22(30)27-20-12-18-11-19(4-3-17(18)13-26-20)24(15-25)14-23(24)7-8-23/h3-4,11-13,16H,2,5-10,14H2,1H3,(H,26,27,30)/t24-/m0/s1. The van der Waals surface area contributed by atoms with Crippen molar-refractivity contribution in [2.75, 3.05) is 18.4 Å². The molecule has 6 nitrogen and oxygen atoms in total. The minimum absolute atomic E-state index is 0.0331. The van der Waals surface area contributed by atoms with Crippen molar-refractivity contribution in [3.8, 4) is 6.07 Å². The highest BCUT2D eigenvalue weighted by Crippen LogP contribution is 2.78. The summed E-state index contributed by atoms with van der Waals surface area (Å²) in [5.41, 5.74) is 0.997. The quantitative estimate of drug-likeness (QED) is 0.843. The molecule has 2 amide bonds. The predicted molar refractivity (Wildman–Crippen MR) is 114 cm³/mol. The lowest BCUT2D eigenvalue weighted by molar-refractivity contribution is -0.134. The average Bonchev–Trinajstić information content (AvgIpc) is 3.70. The van der Waals surface area contributed by atoms with E-state index in [4.69, 9.17) is 0 Å². The van der Waals surface area contributed by atoms with E-state index in [9.17, 15) is 14.9 Å². The van der Waals surface area contributed by atoms with E-state index in [2.05, 4.69) is 28.5 Å². The molecule has 154 valence electrons. The number of fused-ring (bicyclic) bond motifs is 1. The van der Waals surface area contributed by atoms with Gasteiger partial charge in [-0.05, 0) is 60.6 Å². The average molecular weight is 402 g/mol. The summed E-state index contributed by atoms with van der Waals surface area (Å²) >= 11 is 0. The third-order valence-electron chi connectivity index (χ3n) is 7.42. The van der Waals surface area contributed by atoms with Crippen LogP contribution in [0.25, 0.3) is 10.8 Å². The molecule has 1 spiro atoms. The van der Waals surface area contributed by atoms with Crippen LogP contribution >= 0.6 is 0 Å². The van der Waals surface area contributed by atoms with Gasteiger partial charge in [-0.25, -0.2) is 4.98 Å². The molecule has 1 atom stereocenters. The number of likely N-dealkylation sites (tertiary alicyclic amines) is 1. The number of pyridine rings is 1. The maximum atomic E-state index is 12.7. The van der Waals surface area contributed by atoms with Crippen LogP contribution in [0.1, 0.15) is 51.0 Å². The number of nitrogens with zero attached hydrogens (tertiary/aromatic N) is 3. The highest BCUT2D eigenvalue weighted by Gasteiger charge is 2.75. The van der Waals surface area contributed by atoms with Crippen LogP contribution in [0.2, 0.25) is 0 Å². The Balaban J connectivity index is 1.30. The summed E-state index contributed by atoms with van der Waals surface area (Å²) in [5.74, 6) is 0.561. The van der Waals surface area contributed by atoms with E-state index in [0.29, 0.717) is 38.2 Å². The minimum atomic E-state index is -0.322. The van der Waals surface area contributed by atoms with Gasteiger partial charge in [0.15, 0.2) is 0 Å². The fourth-order valence-corrected chi connectivity index (χ4v) is 5.17. The lowest BCUT2D eigenvalue weighted by atomic mass is 9.92. The molecule has 1 aromatic heterocycles. The molecule has 6 heteroatoms. The molecule has 1 saturated heterocycles. The van der Waals surface area contributed by atoms with E-state index in [0.717, 1.165) is 35.6 Å². The Morgan fingerprint density at radius 2 is 2.00 bits per heavy atom. The van der Waals surface area contributed by atoms with E-state index in [-0.39, 0.29) is 28.6 Å². The van der Waals surface area contributed by atoms with Gasteiger partial charge < -0.3 is 10.2 Å². The van der Waals surface area contributed by atoms with Crippen molar-refractivity contribution < 1.29 is 9.59 Å². The number of nitrogens with one attached hydrogen (secondary N) is 1. The van der Waals surface area contributed by atoms with Gasteiger partial charge in [0, 0.05) is 37.0 Å². The summed E-state index contributed by atoms with van der Waals surface area (Å²) in [7, 11) is 0. The Morgan fingerprint density at radius 1 is 1.23 bits per heavy atom. The van der Waals surface area contributed by atoms with Gasteiger partial charge in [0.2, 0.25) is 11.8 Å². The first kappa shape index (κ1) is 19.0. The van der Waals surface area contributed by atoms with Crippen LogP contribution in [0.5, 0.6) is 0 Å². The second-order valence-electron chi connectivity index (χ2n) is 9.10. The smallest absolute Gasteiger partial charge is 0.228 e. The molecule has 2 aliphatic carbocycles. The van der Waals surface area contributed by atoms with Crippen LogP contribution in [0.15, 0.2) is 30.5 Å². The Hall–Kier alpha value is -2.94. The summed E-state index contributed by atoms with van der Waals surface area (Å²) in [4.78, 5) is 30.8. The molecular formula is C24H26N4O2. The van der Waals surface area contributed by atoms with Gasteiger partial charge >= 0.3 is 0 Å². The molecule has 30 heavy (non-hydrogen) atoms. The van der Waals surface area contributed by atoms with Gasteiger partial charge in [0.25, 0.3) is 0 Å². The third kappa shape index (κ3) is 2.96. The van der Waals surface area contributed by atoms with Crippen LogP contribution in [0.4, 0.5) is 5.82 Å². The first-order chi connectivity index (χ1) is 14.5. The van der Waals surface area contributed by atoms with Crippen LogP contribution in [0, 0.1) is 22.7 Å². The lowest BCUT2D eigenvalue weighted by Crippen LogP contribution is -2.41. The first-order valence-corrected chi connectivity index (χ1v) is 10.9. The van der Waals surface area contributed by atoms with Crippen LogP contribution in [0.3, 0.4) is 0 Å². The fraction of sp³-hybridized carbons (Fsp3) is 0.500. The molecule has 1 aromatic carbocycles. The van der Waals surface area contributed by atoms with Gasteiger partial charge in [-0.1, -0.05) is 19.1 Å². The number of hydrogen-bond donors (Lipinski definition) is 1. The predicted octanol–water partition coefficient (Wildman–Crippen LogP) is 3.77. The van der Waals surface area contributed by atoms with Gasteiger partial charge in [-0.2, -0.15) is 5.26 Å². The Kier molecular flexibility index (Phi) is 4.32. The molecule has 0 unspecified atom stereocenters. The zero-order chi connectivity index (χ0) is 20.9. The minimum Gasteiger partial charge on any atom is -0.343 e. The Morgan fingerprint density at radius 3 is 2.63 bits per heavy atom. The molecule has 2 saturated carbocycles. The number of hydrogen-bond acceptors (Lipinski definition) is 4. The summed E-state index contributed by atoms with van der Waals surface area (Å²) in [6, 6.07) is 10.7. The van der Waals surface area contributed by atoms with E-state index in [1.807, 2.05) is 24.0 Å². The maximum Gasteiger partial charge on any atom is 0.228 e. The highest BCUT2D eigenvalue weighted by molar-refractivity contribution is 5.94. The van der Waals surface area contributed by atoms with Crippen molar-refractivity contribution in [3.05, 3.63) is 36.0 Å². The number of anilines is 1. The number of aromatic nitrogens is 1. The largest absolute Gasteiger partial charge is 0.343 e. The molecular weight excluding hydrogens is 376 g/mol. The van der Waals surface area contributed by atoms with Gasteiger partial charge in [0.1, 0.15) is 5.82 Å². The third-order valence-corrected chi connectivity index (χ3v) is 7.42. The molecule has 1 N–H and O–H groups in total. The van der Waals surface area contributed by atoms with Crippen LogP contribution < -0.4 is 5.32 Å². The SMILES string of the molecule is CCC(=O)N1CCC(C(=O)Nc2cc3cc([C@@]4(C#N)CC45CC5)ccc3cn2)CC1. The van der Waals surface area contributed by atoms with Crippen molar-refractivity contribution in [3.63, 3.8) is 0 Å². The maximum absolute atomic E-state index is 12.7. The summed E-state index contributed by atoms with van der Waals surface area (Å²) in [5, 5.41) is 14.8. The molecule has 0 bridgehead atoms. The van der Waals surface area contributed by atoms with Crippen molar-refractivity contribution >= 4 is 28.4 Å². The second kappa shape index (κ2) is 6.80. The number of benzene rings is 1. The summed E-state index contributed by atoms with van der Waals surface area (Å²) in [6.07, 6.45) is 6.92. The number of amides is 2. The van der Waals surface area contributed by atoms with E-state index < -0.39 is 0 Å². The number of carbonyl (C=O) groups is 2. The van der Waals surface area contributed by atoms with Crippen molar-refractivity contribution in [1.82, 2.24) is 9.88 Å². The van der Waals surface area contributed by atoms with Gasteiger partial charge in [-0.3, -0.25) is 9.59 Å². The number of piperidine rings is 1. The van der Waals surface area contributed by atoms with E-state index in [1.165, 1.54) is 0 Å². The Bertz CT molecular complexity index is 1080. The Labute approximate surface area is 176 Å². The second-order valence-corrected chi connectivity index (χ2v) is 9.10. The van der Waals surface area contributed by atoms with Crippen molar-refractivity contribution in [2.24, 2.45) is 11.3 Å². The molecule has 3 aliphatic rings. The topological polar surface area (TPSA) is 86.1 Å². The van der Waals surface area contributed by atoms with Crippen LogP contribution in [-0.4, -0.2) is 34.8 Å². The molecule has 5 rings (SSSR count). The van der Waals surface area contributed by atoms with Crippen molar-refractivity contribution in [1.29, 1.82) is 5.26 Å². The number of carbonyl (C=O) groups excluding carboxylic acids is 2. The van der Waals surface area contributed by atoms with Gasteiger partial charge in [-0.15, -0.1) is 0 Å². The number of nitriles is 1. The van der Waals surface area contributed by atoms with Crippen molar-refractivity contribution in [2.45, 2.75) is 50.9 Å². The van der Waals surface area contributed by atoms with E-state index in [1.54, 1.807) is 6.20 Å². The van der Waals surface area contributed by atoms with Gasteiger partial charge in [0.05, 0.1) is 11.5 Å². The van der Waals surface area contributed by atoms with Crippen LogP contribution in [-0.2, 0) is 15.0 Å². The summed E-state index contributed by atoms with van der Waals surface area (Å²) < 4.78 is 0. The zero-order valence-electron chi connectivity index (χ0n) is 17.3. The zero-order valence-corrected chi connectivity index (χ0v) is 17.3. The normalized spacial score (nSPS) is 24.5. The summed E-state index contributed by atoms with van der Waals surface area (Å²) in [6.45, 7) is 3.14. The number of rotatable bonds is 4. The first-order valence-electron chi connectivity index (χ1n) is 10.9. The highest BCUT2D eigenvalue weighted by atomic mass is 16.2.